The Morgan fingerprint density at radius 3 is 2.54 bits per heavy atom. The third-order valence-electron chi connectivity index (χ3n) is 4.23. The zero-order chi connectivity index (χ0) is 18.1. The fourth-order valence-electron chi connectivity index (χ4n) is 3.01. The van der Waals surface area contributed by atoms with Gasteiger partial charge < -0.3 is 0 Å². The normalized spacial score (nSPS) is 14.6. The summed E-state index contributed by atoms with van der Waals surface area (Å²) in [6.45, 7) is 2.19. The number of hydrogen-bond donors (Lipinski definition) is 0. The molecule has 0 radical (unpaired) electrons. The predicted molar refractivity (Wildman–Crippen MR) is 104 cm³/mol. The van der Waals surface area contributed by atoms with Gasteiger partial charge in [0.25, 0.3) is 10.0 Å². The van der Waals surface area contributed by atoms with Crippen molar-refractivity contribution in [2.24, 2.45) is 0 Å². The molecule has 5 nitrogen and oxygen atoms in total. The lowest BCUT2D eigenvalue weighted by atomic mass is 10.1. The molecule has 0 aliphatic carbocycles. The van der Waals surface area contributed by atoms with E-state index < -0.39 is 10.0 Å². The first kappa shape index (κ1) is 17.1. The van der Waals surface area contributed by atoms with E-state index in [1.54, 1.807) is 0 Å². The van der Waals surface area contributed by atoms with E-state index in [9.17, 15) is 8.42 Å². The number of fused-ring (bicyclic) bond motifs is 3. The first-order valence-corrected chi connectivity index (χ1v) is 10.7. The first-order chi connectivity index (χ1) is 12.6. The SMILES string of the molecule is CCN1c2ccccc2-c2nc(SCc3ccccc3)ncc2S1(=O)=O. The van der Waals surface area contributed by atoms with Crippen molar-refractivity contribution in [3.63, 3.8) is 0 Å². The standard InChI is InChI=1S/C19H17N3O2S2/c1-2-22-16-11-7-6-10-15(16)18-17(26(22,23)24)12-20-19(21-18)25-13-14-8-4-3-5-9-14/h3-12H,2,13H2,1H3. The van der Waals surface area contributed by atoms with Crippen LogP contribution in [0.2, 0.25) is 0 Å². The Kier molecular flexibility index (Phi) is 4.42. The monoisotopic (exact) mass is 383 g/mol. The molecule has 132 valence electrons. The van der Waals surface area contributed by atoms with Gasteiger partial charge in [-0.1, -0.05) is 60.3 Å². The third-order valence-corrected chi connectivity index (χ3v) is 7.05. The highest BCUT2D eigenvalue weighted by Crippen LogP contribution is 2.41. The van der Waals surface area contributed by atoms with E-state index in [1.807, 2.05) is 61.5 Å². The molecule has 0 fully saturated rings. The van der Waals surface area contributed by atoms with Crippen LogP contribution in [0.4, 0.5) is 5.69 Å². The molecule has 26 heavy (non-hydrogen) atoms. The third kappa shape index (κ3) is 2.87. The van der Waals surface area contributed by atoms with Crippen LogP contribution in [-0.2, 0) is 15.8 Å². The topological polar surface area (TPSA) is 63.2 Å². The lowest BCUT2D eigenvalue weighted by Gasteiger charge is -2.30. The number of rotatable bonds is 4. The van der Waals surface area contributed by atoms with Gasteiger partial charge in [-0.15, -0.1) is 0 Å². The Bertz CT molecular complexity index is 1050. The van der Waals surface area contributed by atoms with Crippen molar-refractivity contribution in [3.8, 4) is 11.3 Å². The van der Waals surface area contributed by atoms with Crippen LogP contribution in [0, 0.1) is 0 Å². The number of hydrogen-bond acceptors (Lipinski definition) is 5. The molecule has 0 spiro atoms. The van der Waals surface area contributed by atoms with Gasteiger partial charge in [0.1, 0.15) is 4.90 Å². The smallest absolute Gasteiger partial charge is 0.266 e. The Morgan fingerprint density at radius 2 is 1.77 bits per heavy atom. The van der Waals surface area contributed by atoms with Crippen molar-refractivity contribution in [2.45, 2.75) is 22.7 Å². The zero-order valence-corrected chi connectivity index (χ0v) is 15.8. The highest BCUT2D eigenvalue weighted by atomic mass is 32.2. The molecular formula is C19H17N3O2S2. The Morgan fingerprint density at radius 1 is 1.04 bits per heavy atom. The van der Waals surface area contributed by atoms with Gasteiger partial charge in [-0.2, -0.15) is 0 Å². The summed E-state index contributed by atoms with van der Waals surface area (Å²) < 4.78 is 27.3. The Hall–Kier alpha value is -2.38. The van der Waals surface area contributed by atoms with Gasteiger partial charge in [0.2, 0.25) is 0 Å². The second-order valence-electron chi connectivity index (χ2n) is 5.83. The van der Waals surface area contributed by atoms with Gasteiger partial charge in [0.15, 0.2) is 5.16 Å². The number of nitrogens with zero attached hydrogens (tertiary/aromatic N) is 3. The molecule has 0 saturated heterocycles. The molecule has 1 aliphatic heterocycles. The van der Waals surface area contributed by atoms with E-state index in [4.69, 9.17) is 0 Å². The summed E-state index contributed by atoms with van der Waals surface area (Å²) in [5.74, 6) is 0.731. The molecule has 1 aromatic heterocycles. The summed E-state index contributed by atoms with van der Waals surface area (Å²) in [5.41, 5.74) is 3.14. The van der Waals surface area contributed by atoms with Gasteiger partial charge in [-0.05, 0) is 18.6 Å². The molecule has 0 saturated carbocycles. The van der Waals surface area contributed by atoms with Crippen molar-refractivity contribution < 1.29 is 8.42 Å². The molecule has 3 aromatic rings. The number of anilines is 1. The maximum atomic E-state index is 12.9. The van der Waals surface area contributed by atoms with Crippen molar-refractivity contribution in [1.82, 2.24) is 9.97 Å². The van der Waals surface area contributed by atoms with E-state index >= 15 is 0 Å². The summed E-state index contributed by atoms with van der Waals surface area (Å²) in [4.78, 5) is 9.04. The van der Waals surface area contributed by atoms with Crippen LogP contribution in [0.3, 0.4) is 0 Å². The van der Waals surface area contributed by atoms with Gasteiger partial charge in [0.05, 0.1) is 17.6 Å². The summed E-state index contributed by atoms with van der Waals surface area (Å²) in [5, 5.41) is 0.572. The summed E-state index contributed by atoms with van der Waals surface area (Å²) in [6, 6.07) is 17.5. The fraction of sp³-hybridized carbons (Fsp3) is 0.158. The van der Waals surface area contributed by atoms with E-state index in [-0.39, 0.29) is 4.90 Å². The number of para-hydroxylation sites is 1. The van der Waals surface area contributed by atoms with Crippen molar-refractivity contribution in [1.29, 1.82) is 0 Å². The van der Waals surface area contributed by atoms with Crippen molar-refractivity contribution >= 4 is 27.5 Å². The summed E-state index contributed by atoms with van der Waals surface area (Å²) in [6.07, 6.45) is 1.43. The van der Waals surface area contributed by atoms with Crippen LogP contribution in [0.5, 0.6) is 0 Å². The van der Waals surface area contributed by atoms with E-state index in [0.29, 0.717) is 23.1 Å². The minimum Gasteiger partial charge on any atom is -0.266 e. The van der Waals surface area contributed by atoms with Crippen LogP contribution in [0.15, 0.2) is 70.8 Å². The van der Waals surface area contributed by atoms with Crippen LogP contribution >= 0.6 is 11.8 Å². The lowest BCUT2D eigenvalue weighted by molar-refractivity contribution is 0.589. The van der Waals surface area contributed by atoms with E-state index in [1.165, 1.54) is 27.8 Å². The highest BCUT2D eigenvalue weighted by Gasteiger charge is 2.35. The van der Waals surface area contributed by atoms with Crippen LogP contribution in [0.1, 0.15) is 12.5 Å². The van der Waals surface area contributed by atoms with Gasteiger partial charge in [0, 0.05) is 17.9 Å². The molecule has 0 amide bonds. The molecular weight excluding hydrogens is 366 g/mol. The van der Waals surface area contributed by atoms with Crippen LogP contribution < -0.4 is 4.31 Å². The number of sulfonamides is 1. The van der Waals surface area contributed by atoms with E-state index in [2.05, 4.69) is 9.97 Å². The van der Waals surface area contributed by atoms with Gasteiger partial charge >= 0.3 is 0 Å². The Balaban J connectivity index is 1.75. The van der Waals surface area contributed by atoms with E-state index in [0.717, 1.165) is 11.3 Å². The molecule has 2 heterocycles. The minimum atomic E-state index is -3.63. The average molecular weight is 383 g/mol. The lowest BCUT2D eigenvalue weighted by Crippen LogP contribution is -2.34. The fourth-order valence-corrected chi connectivity index (χ4v) is 5.36. The summed E-state index contributed by atoms with van der Waals surface area (Å²) >= 11 is 1.50. The highest BCUT2D eigenvalue weighted by molar-refractivity contribution is 7.98. The molecule has 0 unspecified atom stereocenters. The largest absolute Gasteiger partial charge is 0.268 e. The molecule has 0 bridgehead atoms. The van der Waals surface area contributed by atoms with Crippen molar-refractivity contribution in [2.75, 3.05) is 10.8 Å². The summed E-state index contributed by atoms with van der Waals surface area (Å²) in [7, 11) is -3.63. The number of benzene rings is 2. The second-order valence-corrected chi connectivity index (χ2v) is 8.60. The molecule has 0 N–H and O–H groups in total. The maximum absolute atomic E-state index is 12.9. The van der Waals surface area contributed by atoms with Crippen molar-refractivity contribution in [3.05, 3.63) is 66.4 Å². The maximum Gasteiger partial charge on any atom is 0.268 e. The predicted octanol–water partition coefficient (Wildman–Crippen LogP) is 3.96. The van der Waals surface area contributed by atoms with Gasteiger partial charge in [-0.3, -0.25) is 4.31 Å². The molecule has 1 aliphatic rings. The molecule has 7 heteroatoms. The van der Waals surface area contributed by atoms with Gasteiger partial charge in [-0.25, -0.2) is 18.4 Å². The first-order valence-electron chi connectivity index (χ1n) is 8.27. The number of aromatic nitrogens is 2. The number of thioether (sulfide) groups is 1. The zero-order valence-electron chi connectivity index (χ0n) is 14.2. The average Bonchev–Trinajstić information content (AvgIpc) is 2.67. The van der Waals surface area contributed by atoms with Crippen LogP contribution in [0.25, 0.3) is 11.3 Å². The molecule has 2 aromatic carbocycles. The quantitative estimate of drug-likeness (QED) is 0.504. The minimum absolute atomic E-state index is 0.169. The van der Waals surface area contributed by atoms with Crippen LogP contribution in [-0.4, -0.2) is 24.9 Å². The Labute approximate surface area is 157 Å². The molecule has 4 rings (SSSR count). The second kappa shape index (κ2) is 6.74. The molecule has 0 atom stereocenters.